The third-order valence-corrected chi connectivity index (χ3v) is 4.86. The average molecular weight is 342 g/mol. The van der Waals surface area contributed by atoms with E-state index in [-0.39, 0.29) is 23.9 Å². The van der Waals surface area contributed by atoms with Crippen LogP contribution in [-0.4, -0.2) is 33.5 Å². The smallest absolute Gasteiger partial charge is 0.249 e. The lowest BCUT2D eigenvalue weighted by Gasteiger charge is -2.33. The largest absolute Gasteiger partial charge is 0.343 e. The SMILES string of the molecule is Cc1noc(C(NC(=O)C(C)N2CCc3ccccc3C2)C(C)C)n1. The van der Waals surface area contributed by atoms with Crippen LogP contribution in [0.5, 0.6) is 0 Å². The molecule has 0 spiro atoms. The number of rotatable bonds is 5. The van der Waals surface area contributed by atoms with E-state index in [1.807, 2.05) is 20.8 Å². The molecule has 1 amide bonds. The van der Waals surface area contributed by atoms with E-state index in [0.29, 0.717) is 11.7 Å². The fourth-order valence-corrected chi connectivity index (χ4v) is 3.24. The van der Waals surface area contributed by atoms with Crippen LogP contribution in [-0.2, 0) is 17.8 Å². The first-order chi connectivity index (χ1) is 12.0. The maximum Gasteiger partial charge on any atom is 0.249 e. The number of fused-ring (bicyclic) bond motifs is 1. The summed E-state index contributed by atoms with van der Waals surface area (Å²) in [4.78, 5) is 19.3. The highest BCUT2D eigenvalue weighted by atomic mass is 16.5. The molecule has 0 aliphatic carbocycles. The van der Waals surface area contributed by atoms with Crippen LogP contribution >= 0.6 is 0 Å². The molecule has 0 saturated heterocycles. The van der Waals surface area contributed by atoms with Gasteiger partial charge >= 0.3 is 0 Å². The van der Waals surface area contributed by atoms with E-state index in [1.165, 1.54) is 11.1 Å². The number of aryl methyl sites for hydroxylation is 1. The third-order valence-electron chi connectivity index (χ3n) is 4.86. The van der Waals surface area contributed by atoms with E-state index in [9.17, 15) is 4.79 Å². The van der Waals surface area contributed by atoms with Gasteiger partial charge in [-0.05, 0) is 37.3 Å². The van der Waals surface area contributed by atoms with Crippen molar-refractivity contribution in [3.8, 4) is 0 Å². The number of hydrogen-bond acceptors (Lipinski definition) is 5. The zero-order valence-electron chi connectivity index (χ0n) is 15.3. The molecule has 6 heteroatoms. The lowest BCUT2D eigenvalue weighted by atomic mass is 9.98. The predicted octanol–water partition coefficient (Wildman–Crippen LogP) is 2.64. The lowest BCUT2D eigenvalue weighted by Crippen LogP contribution is -2.48. The summed E-state index contributed by atoms with van der Waals surface area (Å²) in [6.07, 6.45) is 0.976. The summed E-state index contributed by atoms with van der Waals surface area (Å²) in [6.45, 7) is 9.49. The van der Waals surface area contributed by atoms with Crippen LogP contribution < -0.4 is 5.32 Å². The third kappa shape index (κ3) is 3.90. The van der Waals surface area contributed by atoms with Crippen molar-refractivity contribution < 1.29 is 9.32 Å². The Morgan fingerprint density at radius 3 is 2.60 bits per heavy atom. The average Bonchev–Trinajstić information content (AvgIpc) is 3.04. The molecule has 0 bridgehead atoms. The summed E-state index contributed by atoms with van der Waals surface area (Å²) in [6, 6.07) is 7.96. The van der Waals surface area contributed by atoms with Crippen molar-refractivity contribution in [1.29, 1.82) is 0 Å². The Bertz CT molecular complexity index is 741. The number of amides is 1. The molecule has 134 valence electrons. The van der Waals surface area contributed by atoms with E-state index in [1.54, 1.807) is 6.92 Å². The number of aromatic nitrogens is 2. The Hall–Kier alpha value is -2.21. The molecule has 2 heterocycles. The van der Waals surface area contributed by atoms with Crippen LogP contribution in [0.2, 0.25) is 0 Å². The van der Waals surface area contributed by atoms with E-state index in [0.717, 1.165) is 19.5 Å². The summed E-state index contributed by atoms with van der Waals surface area (Å²) >= 11 is 0. The number of carbonyl (C=O) groups is 1. The maximum atomic E-state index is 12.8. The van der Waals surface area contributed by atoms with Crippen molar-refractivity contribution in [2.45, 2.75) is 52.7 Å². The Kier molecular flexibility index (Phi) is 5.18. The van der Waals surface area contributed by atoms with Gasteiger partial charge in [0, 0.05) is 13.1 Å². The van der Waals surface area contributed by atoms with Crippen LogP contribution in [0, 0.1) is 12.8 Å². The first-order valence-electron chi connectivity index (χ1n) is 8.87. The van der Waals surface area contributed by atoms with Crippen LogP contribution in [0.15, 0.2) is 28.8 Å². The monoisotopic (exact) mass is 342 g/mol. The van der Waals surface area contributed by atoms with Gasteiger partial charge in [0.05, 0.1) is 6.04 Å². The highest BCUT2D eigenvalue weighted by molar-refractivity contribution is 5.81. The minimum absolute atomic E-state index is 0.00562. The van der Waals surface area contributed by atoms with Gasteiger partial charge in [0.25, 0.3) is 0 Å². The number of carbonyl (C=O) groups excluding carboxylic acids is 1. The molecule has 1 aromatic carbocycles. The molecule has 25 heavy (non-hydrogen) atoms. The van der Waals surface area contributed by atoms with Crippen molar-refractivity contribution in [2.24, 2.45) is 5.92 Å². The van der Waals surface area contributed by atoms with Gasteiger partial charge in [0.2, 0.25) is 11.8 Å². The second-order valence-corrected chi connectivity index (χ2v) is 7.08. The fourth-order valence-electron chi connectivity index (χ4n) is 3.24. The summed E-state index contributed by atoms with van der Waals surface area (Å²) in [5.41, 5.74) is 2.69. The van der Waals surface area contributed by atoms with Gasteiger partial charge in [-0.3, -0.25) is 9.69 Å². The summed E-state index contributed by atoms with van der Waals surface area (Å²) in [5.74, 6) is 1.21. The molecule has 2 atom stereocenters. The van der Waals surface area contributed by atoms with E-state index in [2.05, 4.69) is 44.6 Å². The molecule has 0 fully saturated rings. The fraction of sp³-hybridized carbons (Fsp3) is 0.526. The molecule has 3 rings (SSSR count). The van der Waals surface area contributed by atoms with Crippen LogP contribution in [0.25, 0.3) is 0 Å². The zero-order valence-corrected chi connectivity index (χ0v) is 15.3. The maximum absolute atomic E-state index is 12.8. The molecular weight excluding hydrogens is 316 g/mol. The minimum Gasteiger partial charge on any atom is -0.343 e. The summed E-state index contributed by atoms with van der Waals surface area (Å²) in [7, 11) is 0. The van der Waals surface area contributed by atoms with Crippen molar-refractivity contribution in [2.75, 3.05) is 6.54 Å². The number of hydrogen-bond donors (Lipinski definition) is 1. The Labute approximate surface area is 148 Å². The van der Waals surface area contributed by atoms with Crippen molar-refractivity contribution in [3.63, 3.8) is 0 Å². The highest BCUT2D eigenvalue weighted by Gasteiger charge is 2.30. The van der Waals surface area contributed by atoms with E-state index >= 15 is 0 Å². The summed E-state index contributed by atoms with van der Waals surface area (Å²) in [5, 5.41) is 6.93. The van der Waals surface area contributed by atoms with Gasteiger partial charge in [-0.2, -0.15) is 4.98 Å². The Morgan fingerprint density at radius 1 is 1.24 bits per heavy atom. The molecule has 1 aromatic heterocycles. The van der Waals surface area contributed by atoms with Crippen molar-refractivity contribution >= 4 is 5.91 Å². The Balaban J connectivity index is 1.68. The van der Waals surface area contributed by atoms with Crippen LogP contribution in [0.1, 0.15) is 49.7 Å². The minimum atomic E-state index is -0.270. The van der Waals surface area contributed by atoms with Crippen molar-refractivity contribution in [1.82, 2.24) is 20.4 Å². The Morgan fingerprint density at radius 2 is 1.96 bits per heavy atom. The standard InChI is InChI=1S/C19H26N4O2/c1-12(2)17(19-20-14(4)22-25-19)21-18(24)13(3)23-10-9-15-7-5-6-8-16(15)11-23/h5-8,12-13,17H,9-11H2,1-4H3,(H,21,24). The molecule has 1 aliphatic heterocycles. The topological polar surface area (TPSA) is 71.3 Å². The van der Waals surface area contributed by atoms with E-state index < -0.39 is 0 Å². The second-order valence-electron chi connectivity index (χ2n) is 7.08. The van der Waals surface area contributed by atoms with Crippen LogP contribution in [0.4, 0.5) is 0 Å². The normalized spacial score (nSPS) is 17.2. The first-order valence-corrected chi connectivity index (χ1v) is 8.87. The molecular formula is C19H26N4O2. The van der Waals surface area contributed by atoms with E-state index in [4.69, 9.17) is 4.52 Å². The van der Waals surface area contributed by atoms with Crippen LogP contribution in [0.3, 0.4) is 0 Å². The van der Waals surface area contributed by atoms with Gasteiger partial charge in [-0.15, -0.1) is 0 Å². The first kappa shape index (κ1) is 17.6. The summed E-state index contributed by atoms with van der Waals surface area (Å²) < 4.78 is 5.27. The quantitative estimate of drug-likeness (QED) is 0.904. The van der Waals surface area contributed by atoms with Crippen molar-refractivity contribution in [3.05, 3.63) is 47.1 Å². The molecule has 6 nitrogen and oxygen atoms in total. The second kappa shape index (κ2) is 7.35. The number of nitrogens with zero attached hydrogens (tertiary/aromatic N) is 3. The zero-order chi connectivity index (χ0) is 18.0. The van der Waals surface area contributed by atoms with Gasteiger partial charge in [0.15, 0.2) is 5.82 Å². The lowest BCUT2D eigenvalue weighted by molar-refractivity contribution is -0.127. The van der Waals surface area contributed by atoms with Gasteiger partial charge in [0.1, 0.15) is 6.04 Å². The molecule has 1 aliphatic rings. The van der Waals surface area contributed by atoms with Gasteiger partial charge in [-0.25, -0.2) is 0 Å². The molecule has 0 radical (unpaired) electrons. The highest BCUT2D eigenvalue weighted by Crippen LogP contribution is 2.23. The van der Waals surface area contributed by atoms with Gasteiger partial charge in [-0.1, -0.05) is 43.3 Å². The van der Waals surface area contributed by atoms with Gasteiger partial charge < -0.3 is 9.84 Å². The number of nitrogens with one attached hydrogen (secondary N) is 1. The molecule has 0 saturated carbocycles. The molecule has 2 aromatic rings. The molecule has 2 unspecified atom stereocenters. The predicted molar refractivity (Wildman–Crippen MR) is 94.8 cm³/mol. The number of benzene rings is 1. The molecule has 1 N–H and O–H groups in total.